The number of para-hydroxylation sites is 1. The number of nitrogens with one attached hydrogen (secondary N) is 1. The number of carbonyl (C=O) groups excluding carboxylic acids is 2. The lowest BCUT2D eigenvalue weighted by Gasteiger charge is -2.29. The monoisotopic (exact) mass is 524 g/mol. The predicted molar refractivity (Wildman–Crippen MR) is 140 cm³/mol. The van der Waals surface area contributed by atoms with Crippen LogP contribution >= 0.6 is 0 Å². The summed E-state index contributed by atoms with van der Waals surface area (Å²) in [6.45, 7) is 6.12. The number of amides is 2. The van der Waals surface area contributed by atoms with Crippen molar-refractivity contribution >= 4 is 17.5 Å². The summed E-state index contributed by atoms with van der Waals surface area (Å²) in [5, 5.41) is 2.79. The van der Waals surface area contributed by atoms with E-state index in [9.17, 15) is 22.8 Å². The average Bonchev–Trinajstić information content (AvgIpc) is 3.19. The minimum Gasteiger partial charge on any atom is -0.457 e. The molecule has 3 aromatic rings. The van der Waals surface area contributed by atoms with E-state index in [1.807, 2.05) is 36.9 Å². The largest absolute Gasteiger partial charge is 0.457 e. The van der Waals surface area contributed by atoms with Crippen molar-refractivity contribution in [1.82, 2.24) is 4.90 Å². The summed E-state index contributed by atoms with van der Waals surface area (Å²) in [5.41, 5.74) is 1.94. The molecule has 200 valence electrons. The van der Waals surface area contributed by atoms with Crippen LogP contribution in [-0.4, -0.2) is 29.3 Å². The van der Waals surface area contributed by atoms with Gasteiger partial charge in [0.1, 0.15) is 11.5 Å². The van der Waals surface area contributed by atoms with Gasteiger partial charge in [-0.2, -0.15) is 13.2 Å². The van der Waals surface area contributed by atoms with Crippen LogP contribution in [0.3, 0.4) is 0 Å². The zero-order valence-corrected chi connectivity index (χ0v) is 21.6. The van der Waals surface area contributed by atoms with E-state index < -0.39 is 17.7 Å². The van der Waals surface area contributed by atoms with Crippen LogP contribution in [0.1, 0.15) is 55.4 Å². The summed E-state index contributed by atoms with van der Waals surface area (Å²) < 4.78 is 47.6. The minimum atomic E-state index is -4.63. The van der Waals surface area contributed by atoms with E-state index in [1.54, 1.807) is 43.3 Å². The van der Waals surface area contributed by atoms with Crippen LogP contribution in [0, 0.1) is 0 Å². The summed E-state index contributed by atoms with van der Waals surface area (Å²) in [7, 11) is 0. The summed E-state index contributed by atoms with van der Waals surface area (Å²) in [4.78, 5) is 26.2. The zero-order valence-electron chi connectivity index (χ0n) is 21.6. The number of fused-ring (bicyclic) bond motifs is 1. The molecular formula is C30H31F3N2O3. The van der Waals surface area contributed by atoms with Crippen molar-refractivity contribution in [1.29, 1.82) is 0 Å². The third kappa shape index (κ3) is 6.01. The molecule has 0 bridgehead atoms. The van der Waals surface area contributed by atoms with Gasteiger partial charge in [-0.1, -0.05) is 43.3 Å². The van der Waals surface area contributed by atoms with Crippen LogP contribution in [0.25, 0.3) is 0 Å². The average molecular weight is 525 g/mol. The molecule has 1 heterocycles. The smallest absolute Gasteiger partial charge is 0.419 e. The molecule has 0 aliphatic carbocycles. The number of benzene rings is 3. The third-order valence-corrected chi connectivity index (χ3v) is 6.98. The molecule has 2 amide bonds. The minimum absolute atomic E-state index is 0.0141. The van der Waals surface area contributed by atoms with Gasteiger partial charge in [-0.3, -0.25) is 9.59 Å². The van der Waals surface area contributed by atoms with Crippen molar-refractivity contribution in [3.05, 3.63) is 89.0 Å². The first-order valence-corrected chi connectivity index (χ1v) is 12.7. The molecule has 5 nitrogen and oxygen atoms in total. The van der Waals surface area contributed by atoms with Gasteiger partial charge >= 0.3 is 6.18 Å². The second-order valence-electron chi connectivity index (χ2n) is 9.48. The van der Waals surface area contributed by atoms with Crippen molar-refractivity contribution in [2.75, 3.05) is 11.9 Å². The number of nitrogens with zero attached hydrogens (tertiary/aromatic N) is 1. The quantitative estimate of drug-likeness (QED) is 0.329. The Kier molecular flexibility index (Phi) is 8.09. The van der Waals surface area contributed by atoms with E-state index in [-0.39, 0.29) is 35.8 Å². The van der Waals surface area contributed by atoms with Crippen LogP contribution in [0.2, 0.25) is 0 Å². The van der Waals surface area contributed by atoms with Gasteiger partial charge in [0.25, 0.3) is 0 Å². The summed E-state index contributed by atoms with van der Waals surface area (Å²) in [6.07, 6.45) is -3.05. The van der Waals surface area contributed by atoms with Crippen molar-refractivity contribution in [3.63, 3.8) is 0 Å². The number of carbonyl (C=O) groups is 2. The summed E-state index contributed by atoms with van der Waals surface area (Å²) >= 11 is 0. The van der Waals surface area contributed by atoms with E-state index in [4.69, 9.17) is 4.74 Å². The van der Waals surface area contributed by atoms with Crippen molar-refractivity contribution in [3.8, 4) is 11.5 Å². The standard InChI is InChI=1S/C30H31F3N2O3/c1-4-22(35(5-2)19(3)36)16-20-10-13-23(14-11-20)38-28-15-12-21(18-26(28)30(31,32)33)17-25-24-8-6-7-9-27(24)34-29(25)37/h6-15,18,22,25H,4-5,16-17H2,1-3H3,(H,34,37). The molecule has 2 atom stereocenters. The number of hydrogen-bond donors (Lipinski definition) is 1. The Bertz CT molecular complexity index is 1300. The Morgan fingerprint density at radius 1 is 1.03 bits per heavy atom. The van der Waals surface area contributed by atoms with E-state index in [0.29, 0.717) is 24.2 Å². The van der Waals surface area contributed by atoms with E-state index in [0.717, 1.165) is 23.6 Å². The number of alkyl halides is 3. The first-order valence-electron chi connectivity index (χ1n) is 12.7. The van der Waals surface area contributed by atoms with Crippen LogP contribution < -0.4 is 10.1 Å². The highest BCUT2D eigenvalue weighted by Crippen LogP contribution is 2.41. The Morgan fingerprint density at radius 2 is 1.71 bits per heavy atom. The van der Waals surface area contributed by atoms with Crippen LogP contribution in [-0.2, 0) is 28.6 Å². The molecular weight excluding hydrogens is 493 g/mol. The third-order valence-electron chi connectivity index (χ3n) is 6.98. The zero-order chi connectivity index (χ0) is 27.4. The number of rotatable bonds is 9. The maximum atomic E-state index is 14.0. The number of ether oxygens (including phenoxy) is 1. The molecule has 0 fully saturated rings. The molecule has 1 N–H and O–H groups in total. The number of hydrogen-bond acceptors (Lipinski definition) is 3. The molecule has 0 spiro atoms. The van der Waals surface area contributed by atoms with Crippen LogP contribution in [0.15, 0.2) is 66.7 Å². The van der Waals surface area contributed by atoms with Crippen LogP contribution in [0.4, 0.5) is 18.9 Å². The lowest BCUT2D eigenvalue weighted by molar-refractivity contribution is -0.138. The van der Waals surface area contributed by atoms with E-state index in [1.165, 1.54) is 6.07 Å². The Hall–Kier alpha value is -3.81. The van der Waals surface area contributed by atoms with Crippen molar-refractivity contribution in [2.45, 2.75) is 58.2 Å². The molecule has 0 saturated carbocycles. The molecule has 2 unspecified atom stereocenters. The molecule has 8 heteroatoms. The van der Waals surface area contributed by atoms with Gasteiger partial charge in [-0.05, 0) is 73.2 Å². The second kappa shape index (κ2) is 11.3. The van der Waals surface area contributed by atoms with Gasteiger partial charge in [0.05, 0.1) is 11.5 Å². The second-order valence-corrected chi connectivity index (χ2v) is 9.48. The number of likely N-dealkylation sites (N-methyl/N-ethyl adjacent to an activating group) is 1. The van der Waals surface area contributed by atoms with E-state index >= 15 is 0 Å². The fraction of sp³-hybridized carbons (Fsp3) is 0.333. The van der Waals surface area contributed by atoms with Gasteiger partial charge in [-0.15, -0.1) is 0 Å². The Balaban J connectivity index is 1.52. The molecule has 1 aliphatic heterocycles. The highest BCUT2D eigenvalue weighted by Gasteiger charge is 2.36. The Morgan fingerprint density at radius 3 is 2.34 bits per heavy atom. The van der Waals surface area contributed by atoms with Gasteiger partial charge < -0.3 is 15.0 Å². The van der Waals surface area contributed by atoms with E-state index in [2.05, 4.69) is 5.32 Å². The lowest BCUT2D eigenvalue weighted by Crippen LogP contribution is -2.39. The van der Waals surface area contributed by atoms with Crippen LogP contribution in [0.5, 0.6) is 11.5 Å². The van der Waals surface area contributed by atoms with Gasteiger partial charge in [0.15, 0.2) is 0 Å². The molecule has 0 saturated heterocycles. The molecule has 0 aromatic heterocycles. The molecule has 38 heavy (non-hydrogen) atoms. The molecule has 3 aromatic carbocycles. The summed E-state index contributed by atoms with van der Waals surface area (Å²) in [6, 6.07) is 18.1. The molecule has 1 aliphatic rings. The molecule has 0 radical (unpaired) electrons. The fourth-order valence-electron chi connectivity index (χ4n) is 5.03. The highest BCUT2D eigenvalue weighted by atomic mass is 19.4. The van der Waals surface area contributed by atoms with Gasteiger partial charge in [-0.25, -0.2) is 0 Å². The fourth-order valence-corrected chi connectivity index (χ4v) is 5.03. The predicted octanol–water partition coefficient (Wildman–Crippen LogP) is 6.97. The normalized spacial score (nSPS) is 15.5. The van der Waals surface area contributed by atoms with Crippen molar-refractivity contribution < 1.29 is 27.5 Å². The van der Waals surface area contributed by atoms with Gasteiger partial charge in [0.2, 0.25) is 11.8 Å². The molecule has 4 rings (SSSR count). The maximum absolute atomic E-state index is 14.0. The highest BCUT2D eigenvalue weighted by molar-refractivity contribution is 6.03. The number of anilines is 1. The van der Waals surface area contributed by atoms with Gasteiger partial charge in [0, 0.05) is 25.2 Å². The first-order chi connectivity index (χ1) is 18.1. The SMILES string of the molecule is CCC(Cc1ccc(Oc2ccc(CC3C(=O)Nc4ccccc43)cc2C(F)(F)F)cc1)N(CC)C(C)=O. The lowest BCUT2D eigenvalue weighted by atomic mass is 9.92. The maximum Gasteiger partial charge on any atom is 0.419 e. The topological polar surface area (TPSA) is 58.6 Å². The van der Waals surface area contributed by atoms with Crippen molar-refractivity contribution in [2.24, 2.45) is 0 Å². The summed E-state index contributed by atoms with van der Waals surface area (Å²) in [5.74, 6) is -0.783. The Labute approximate surface area is 220 Å². The number of halogens is 3. The first kappa shape index (κ1) is 27.2.